The molecule has 2 rings (SSSR count). The molecule has 0 aromatic heterocycles. The van der Waals surface area contributed by atoms with Gasteiger partial charge in [0, 0.05) is 25.7 Å². The number of rotatable bonds is 3. The molecule has 0 unspecified atom stereocenters. The highest BCUT2D eigenvalue weighted by Crippen LogP contribution is 2.18. The van der Waals surface area contributed by atoms with E-state index in [1.54, 1.807) is 0 Å². The molecule has 3 amide bonds. The van der Waals surface area contributed by atoms with Crippen molar-refractivity contribution < 1.29 is 14.4 Å². The van der Waals surface area contributed by atoms with Gasteiger partial charge in [-0.3, -0.25) is 14.4 Å². The van der Waals surface area contributed by atoms with Gasteiger partial charge in [0.05, 0.1) is 6.54 Å². The second-order valence-electron chi connectivity index (χ2n) is 4.92. The predicted octanol–water partition coefficient (Wildman–Crippen LogP) is -1.80. The van der Waals surface area contributed by atoms with Crippen molar-refractivity contribution >= 4 is 17.7 Å². The van der Waals surface area contributed by atoms with E-state index in [0.29, 0.717) is 19.6 Å². The molecule has 3 N–H and O–H groups in total. The Kier molecular flexibility index (Phi) is 4.73. The topological polar surface area (TPSA) is 90.5 Å². The van der Waals surface area contributed by atoms with E-state index >= 15 is 0 Å². The Morgan fingerprint density at radius 3 is 2.68 bits per heavy atom. The lowest BCUT2D eigenvalue weighted by Crippen LogP contribution is -2.47. The van der Waals surface area contributed by atoms with Crippen LogP contribution in [0, 0.1) is 0 Å². The third-order valence-electron chi connectivity index (χ3n) is 3.17. The Morgan fingerprint density at radius 2 is 1.95 bits per heavy atom. The van der Waals surface area contributed by atoms with Crippen LogP contribution < -0.4 is 16.0 Å². The van der Waals surface area contributed by atoms with Crippen LogP contribution in [0.5, 0.6) is 0 Å². The van der Waals surface area contributed by atoms with Crippen molar-refractivity contribution in [2.24, 2.45) is 0 Å². The van der Waals surface area contributed by atoms with E-state index in [2.05, 4.69) is 16.0 Å². The first-order valence-corrected chi connectivity index (χ1v) is 6.74. The van der Waals surface area contributed by atoms with Gasteiger partial charge in [0.2, 0.25) is 5.91 Å². The fourth-order valence-corrected chi connectivity index (χ4v) is 1.93. The van der Waals surface area contributed by atoms with Crippen LogP contribution >= 0.6 is 0 Å². The minimum absolute atomic E-state index is 0.132. The van der Waals surface area contributed by atoms with Crippen LogP contribution in [0.2, 0.25) is 0 Å². The van der Waals surface area contributed by atoms with Gasteiger partial charge in [0.25, 0.3) is 0 Å². The maximum atomic E-state index is 11.9. The third-order valence-corrected chi connectivity index (χ3v) is 3.17. The summed E-state index contributed by atoms with van der Waals surface area (Å²) >= 11 is 0. The molecule has 7 nitrogen and oxygen atoms in total. The summed E-state index contributed by atoms with van der Waals surface area (Å²) in [6.45, 7) is 2.53. The molecule has 0 aromatic carbocycles. The first-order valence-electron chi connectivity index (χ1n) is 6.74. The number of hydrogen-bond acceptors (Lipinski definition) is 4. The summed E-state index contributed by atoms with van der Waals surface area (Å²) in [6.07, 6.45) is 2.83. The quantitative estimate of drug-likeness (QED) is 0.527. The van der Waals surface area contributed by atoms with Gasteiger partial charge in [-0.15, -0.1) is 0 Å². The number of carbonyl (C=O) groups excluding carboxylic acids is 3. The maximum Gasteiger partial charge on any atom is 0.311 e. The van der Waals surface area contributed by atoms with Crippen molar-refractivity contribution in [3.05, 3.63) is 0 Å². The van der Waals surface area contributed by atoms with E-state index < -0.39 is 11.8 Å². The first-order chi connectivity index (χ1) is 9.16. The van der Waals surface area contributed by atoms with Gasteiger partial charge in [-0.05, 0) is 25.8 Å². The Morgan fingerprint density at radius 1 is 1.16 bits per heavy atom. The standard InChI is InChI=1S/C12H20N4O3/c17-10(15-9-2-3-9)8-14-11(18)12(19)16-6-1-4-13-5-7-16/h9,13H,1-8H2,(H,14,18)(H,15,17). The molecule has 106 valence electrons. The average molecular weight is 268 g/mol. The van der Waals surface area contributed by atoms with Gasteiger partial charge in [0.1, 0.15) is 0 Å². The molecule has 1 saturated carbocycles. The molecule has 2 aliphatic rings. The number of hydrogen-bond donors (Lipinski definition) is 3. The lowest BCUT2D eigenvalue weighted by Gasteiger charge is -2.18. The minimum Gasteiger partial charge on any atom is -0.352 e. The SMILES string of the molecule is O=C(CNC(=O)C(=O)N1CCCNCC1)NC1CC1. The molecule has 0 radical (unpaired) electrons. The van der Waals surface area contributed by atoms with E-state index in [1.165, 1.54) is 4.90 Å². The Bertz CT molecular complexity index is 360. The molecule has 1 aliphatic carbocycles. The van der Waals surface area contributed by atoms with Crippen molar-refractivity contribution in [3.63, 3.8) is 0 Å². The fourth-order valence-electron chi connectivity index (χ4n) is 1.93. The molecule has 1 heterocycles. The largest absolute Gasteiger partial charge is 0.352 e. The molecule has 2 fully saturated rings. The van der Waals surface area contributed by atoms with Crippen molar-refractivity contribution in [3.8, 4) is 0 Å². The molecule has 19 heavy (non-hydrogen) atoms. The zero-order chi connectivity index (χ0) is 13.7. The van der Waals surface area contributed by atoms with Gasteiger partial charge in [-0.2, -0.15) is 0 Å². The summed E-state index contributed by atoms with van der Waals surface area (Å²) < 4.78 is 0. The number of amides is 3. The Hall–Kier alpha value is -1.63. The lowest BCUT2D eigenvalue weighted by atomic mass is 10.3. The summed E-state index contributed by atoms with van der Waals surface area (Å²) in [5, 5.41) is 8.28. The summed E-state index contributed by atoms with van der Waals surface area (Å²) in [5.41, 5.74) is 0. The second kappa shape index (κ2) is 6.51. The zero-order valence-electron chi connectivity index (χ0n) is 10.9. The molecule has 0 spiro atoms. The zero-order valence-corrected chi connectivity index (χ0v) is 10.9. The van der Waals surface area contributed by atoms with Crippen LogP contribution in [-0.4, -0.2) is 61.4 Å². The molecular weight excluding hydrogens is 248 g/mol. The Balaban J connectivity index is 1.71. The van der Waals surface area contributed by atoms with Gasteiger partial charge < -0.3 is 20.9 Å². The van der Waals surface area contributed by atoms with E-state index in [0.717, 1.165) is 25.8 Å². The smallest absolute Gasteiger partial charge is 0.311 e. The normalized spacial score (nSPS) is 19.5. The lowest BCUT2D eigenvalue weighted by molar-refractivity contribution is -0.146. The fraction of sp³-hybridized carbons (Fsp3) is 0.750. The predicted molar refractivity (Wildman–Crippen MR) is 68.2 cm³/mol. The first kappa shape index (κ1) is 13.8. The third kappa shape index (κ3) is 4.51. The molecular formula is C12H20N4O3. The van der Waals surface area contributed by atoms with Gasteiger partial charge in [-0.25, -0.2) is 0 Å². The summed E-state index contributed by atoms with van der Waals surface area (Å²) in [5.74, 6) is -1.49. The summed E-state index contributed by atoms with van der Waals surface area (Å²) in [4.78, 5) is 36.4. The molecule has 0 aromatic rings. The maximum absolute atomic E-state index is 11.9. The van der Waals surface area contributed by atoms with Crippen molar-refractivity contribution in [2.75, 3.05) is 32.7 Å². The average Bonchev–Trinajstić information content (AvgIpc) is 3.21. The van der Waals surface area contributed by atoms with Gasteiger partial charge >= 0.3 is 11.8 Å². The van der Waals surface area contributed by atoms with E-state index in [1.807, 2.05) is 0 Å². The van der Waals surface area contributed by atoms with Crippen molar-refractivity contribution in [2.45, 2.75) is 25.3 Å². The minimum atomic E-state index is -0.701. The highest BCUT2D eigenvalue weighted by atomic mass is 16.2. The van der Waals surface area contributed by atoms with Crippen molar-refractivity contribution in [1.82, 2.24) is 20.9 Å². The highest BCUT2D eigenvalue weighted by Gasteiger charge is 2.25. The van der Waals surface area contributed by atoms with Crippen LogP contribution in [-0.2, 0) is 14.4 Å². The Labute approximate surface area is 112 Å². The monoisotopic (exact) mass is 268 g/mol. The molecule has 1 saturated heterocycles. The number of nitrogens with zero attached hydrogens (tertiary/aromatic N) is 1. The van der Waals surface area contributed by atoms with Gasteiger partial charge in [0.15, 0.2) is 0 Å². The van der Waals surface area contributed by atoms with E-state index in [9.17, 15) is 14.4 Å². The molecule has 7 heteroatoms. The van der Waals surface area contributed by atoms with E-state index in [-0.39, 0.29) is 18.5 Å². The molecule has 1 aliphatic heterocycles. The second-order valence-corrected chi connectivity index (χ2v) is 4.92. The van der Waals surface area contributed by atoms with Gasteiger partial charge in [-0.1, -0.05) is 0 Å². The highest BCUT2D eigenvalue weighted by molar-refractivity contribution is 6.35. The summed E-state index contributed by atoms with van der Waals surface area (Å²) in [6, 6.07) is 0.261. The number of carbonyl (C=O) groups is 3. The summed E-state index contributed by atoms with van der Waals surface area (Å²) in [7, 11) is 0. The van der Waals surface area contributed by atoms with Crippen LogP contribution in [0.4, 0.5) is 0 Å². The molecule has 0 bridgehead atoms. The van der Waals surface area contributed by atoms with Crippen LogP contribution in [0.1, 0.15) is 19.3 Å². The van der Waals surface area contributed by atoms with Crippen LogP contribution in [0.15, 0.2) is 0 Å². The van der Waals surface area contributed by atoms with E-state index in [4.69, 9.17) is 0 Å². The molecule has 0 atom stereocenters. The van der Waals surface area contributed by atoms with Crippen LogP contribution in [0.3, 0.4) is 0 Å². The van der Waals surface area contributed by atoms with Crippen LogP contribution in [0.25, 0.3) is 0 Å². The van der Waals surface area contributed by atoms with Crippen molar-refractivity contribution in [1.29, 1.82) is 0 Å². The number of nitrogens with one attached hydrogen (secondary N) is 3.